The summed E-state index contributed by atoms with van der Waals surface area (Å²) in [6, 6.07) is 16.6. The highest BCUT2D eigenvalue weighted by Gasteiger charge is 2.41. The number of carbonyl (C=O) groups is 1. The van der Waals surface area contributed by atoms with Crippen LogP contribution in [0.1, 0.15) is 47.5 Å². The molecule has 4 rings (SSSR count). The van der Waals surface area contributed by atoms with Gasteiger partial charge in [-0.2, -0.15) is 0 Å². The zero-order valence-electron chi connectivity index (χ0n) is 17.3. The molecule has 0 aromatic heterocycles. The molecule has 0 aliphatic carbocycles. The second-order valence-electron chi connectivity index (χ2n) is 7.91. The number of rotatable bonds is 4. The van der Waals surface area contributed by atoms with Crippen molar-refractivity contribution in [1.29, 1.82) is 0 Å². The van der Waals surface area contributed by atoms with E-state index in [0.717, 1.165) is 38.8 Å². The maximum atomic E-state index is 13.6. The molecule has 2 fully saturated rings. The summed E-state index contributed by atoms with van der Waals surface area (Å²) in [4.78, 5) is 15.7. The molecular formula is C24H30N2O3. The number of benzene rings is 2. The third-order valence-electron chi connectivity index (χ3n) is 6.36. The van der Waals surface area contributed by atoms with Gasteiger partial charge in [0.15, 0.2) is 0 Å². The van der Waals surface area contributed by atoms with E-state index in [1.165, 1.54) is 5.56 Å². The lowest BCUT2D eigenvalue weighted by molar-refractivity contribution is 0.0506. The summed E-state index contributed by atoms with van der Waals surface area (Å²) in [5, 5.41) is 3.77. The Kier molecular flexibility index (Phi) is 6.05. The molecule has 5 heteroatoms. The highest BCUT2D eigenvalue weighted by atomic mass is 16.5. The van der Waals surface area contributed by atoms with Gasteiger partial charge in [-0.3, -0.25) is 4.79 Å². The fourth-order valence-corrected chi connectivity index (χ4v) is 4.91. The number of fused-ring (bicyclic) bond motifs is 1. The first-order chi connectivity index (χ1) is 14.2. The van der Waals surface area contributed by atoms with Crippen LogP contribution in [0.3, 0.4) is 0 Å². The van der Waals surface area contributed by atoms with E-state index in [1.807, 2.05) is 12.1 Å². The topological polar surface area (TPSA) is 50.8 Å². The van der Waals surface area contributed by atoms with Gasteiger partial charge in [0.1, 0.15) is 11.5 Å². The van der Waals surface area contributed by atoms with Gasteiger partial charge in [0, 0.05) is 24.5 Å². The molecule has 2 aromatic carbocycles. The third kappa shape index (κ3) is 3.97. The predicted octanol–water partition coefficient (Wildman–Crippen LogP) is 3.84. The number of nitrogens with zero attached hydrogens (tertiary/aromatic N) is 1. The number of piperidine rings is 1. The molecule has 0 unspecified atom stereocenters. The van der Waals surface area contributed by atoms with Gasteiger partial charge in [-0.25, -0.2) is 0 Å². The molecule has 0 radical (unpaired) electrons. The van der Waals surface area contributed by atoms with Crippen molar-refractivity contribution < 1.29 is 14.3 Å². The van der Waals surface area contributed by atoms with E-state index in [1.54, 1.807) is 20.3 Å². The van der Waals surface area contributed by atoms with Crippen LogP contribution in [-0.2, 0) is 0 Å². The SMILES string of the molecule is COc1ccc(OC)c(C(=O)N2CC[C@H](c3ccccc3)[C@H]3NCCCC[C@H]32)c1. The first-order valence-electron chi connectivity index (χ1n) is 10.5. The van der Waals surface area contributed by atoms with E-state index in [2.05, 4.69) is 40.5 Å². The second-order valence-corrected chi connectivity index (χ2v) is 7.91. The minimum Gasteiger partial charge on any atom is -0.497 e. The smallest absolute Gasteiger partial charge is 0.258 e. The second kappa shape index (κ2) is 8.87. The number of likely N-dealkylation sites (tertiary alicyclic amines) is 1. The molecule has 154 valence electrons. The standard InChI is InChI=1S/C24H30N2O3/c1-28-18-11-12-22(29-2)20(16-18)24(27)26-15-13-19(17-8-4-3-5-9-17)23-21(26)10-6-7-14-25-23/h3-5,8-9,11-12,16,19,21,23,25H,6-7,10,13-15H2,1-2H3/t19-,21-,23-/m1/s1. The highest BCUT2D eigenvalue weighted by molar-refractivity contribution is 5.97. The van der Waals surface area contributed by atoms with Crippen LogP contribution < -0.4 is 14.8 Å². The molecule has 0 saturated carbocycles. The van der Waals surface area contributed by atoms with Gasteiger partial charge in [-0.05, 0) is 49.6 Å². The molecule has 2 aromatic rings. The van der Waals surface area contributed by atoms with Crippen LogP contribution >= 0.6 is 0 Å². The van der Waals surface area contributed by atoms with Gasteiger partial charge in [0.2, 0.25) is 0 Å². The average molecular weight is 395 g/mol. The average Bonchev–Trinajstić information content (AvgIpc) is 3.04. The van der Waals surface area contributed by atoms with Crippen LogP contribution in [0.25, 0.3) is 0 Å². The van der Waals surface area contributed by atoms with Crippen LogP contribution in [0.15, 0.2) is 48.5 Å². The van der Waals surface area contributed by atoms with Crippen LogP contribution in [0, 0.1) is 0 Å². The lowest BCUT2D eigenvalue weighted by Crippen LogP contribution is -2.58. The molecule has 5 nitrogen and oxygen atoms in total. The Hall–Kier alpha value is -2.53. The van der Waals surface area contributed by atoms with Gasteiger partial charge in [-0.15, -0.1) is 0 Å². The summed E-state index contributed by atoms with van der Waals surface area (Å²) in [6.45, 7) is 1.76. The van der Waals surface area contributed by atoms with E-state index in [9.17, 15) is 4.79 Å². The molecule has 1 N–H and O–H groups in total. The number of carbonyl (C=O) groups excluding carboxylic acids is 1. The number of methoxy groups -OCH3 is 2. The largest absolute Gasteiger partial charge is 0.497 e. The van der Waals surface area contributed by atoms with Crippen LogP contribution in [0.2, 0.25) is 0 Å². The zero-order chi connectivity index (χ0) is 20.2. The lowest BCUT2D eigenvalue weighted by Gasteiger charge is -2.45. The molecule has 0 bridgehead atoms. The van der Waals surface area contributed by atoms with E-state index in [4.69, 9.17) is 9.47 Å². The van der Waals surface area contributed by atoms with Gasteiger partial charge in [0.05, 0.1) is 19.8 Å². The van der Waals surface area contributed by atoms with Crippen molar-refractivity contribution in [2.24, 2.45) is 0 Å². The number of ether oxygens (including phenoxy) is 2. The Morgan fingerprint density at radius 3 is 2.62 bits per heavy atom. The number of nitrogens with one attached hydrogen (secondary N) is 1. The summed E-state index contributed by atoms with van der Waals surface area (Å²) in [7, 11) is 3.23. The first kappa shape index (κ1) is 19.8. The Morgan fingerprint density at radius 1 is 1.03 bits per heavy atom. The monoisotopic (exact) mass is 394 g/mol. The Morgan fingerprint density at radius 2 is 1.86 bits per heavy atom. The summed E-state index contributed by atoms with van der Waals surface area (Å²) in [6.07, 6.45) is 4.27. The minimum atomic E-state index is 0.0333. The molecule has 0 spiro atoms. The van der Waals surface area contributed by atoms with Crippen molar-refractivity contribution in [3.05, 3.63) is 59.7 Å². The molecule has 1 amide bonds. The fraction of sp³-hybridized carbons (Fsp3) is 0.458. The fourth-order valence-electron chi connectivity index (χ4n) is 4.91. The molecule has 2 heterocycles. The van der Waals surface area contributed by atoms with Gasteiger partial charge in [-0.1, -0.05) is 36.8 Å². The van der Waals surface area contributed by atoms with Gasteiger partial charge < -0.3 is 19.7 Å². The van der Waals surface area contributed by atoms with Crippen molar-refractivity contribution >= 4 is 5.91 Å². The van der Waals surface area contributed by atoms with Crippen LogP contribution in [-0.4, -0.2) is 50.2 Å². The third-order valence-corrected chi connectivity index (χ3v) is 6.36. The van der Waals surface area contributed by atoms with E-state index in [-0.39, 0.29) is 18.0 Å². The molecule has 3 atom stereocenters. The molecule has 2 saturated heterocycles. The van der Waals surface area contributed by atoms with Crippen molar-refractivity contribution in [2.75, 3.05) is 27.3 Å². The Balaban J connectivity index is 1.66. The summed E-state index contributed by atoms with van der Waals surface area (Å²) < 4.78 is 10.8. The van der Waals surface area contributed by atoms with E-state index >= 15 is 0 Å². The van der Waals surface area contributed by atoms with Crippen molar-refractivity contribution in [3.63, 3.8) is 0 Å². The maximum absolute atomic E-state index is 13.6. The Labute approximate surface area is 173 Å². The molecular weight excluding hydrogens is 364 g/mol. The molecule has 2 aliphatic rings. The van der Waals surface area contributed by atoms with Gasteiger partial charge in [0.25, 0.3) is 5.91 Å². The number of hydrogen-bond donors (Lipinski definition) is 1. The van der Waals surface area contributed by atoms with Crippen LogP contribution in [0.4, 0.5) is 0 Å². The summed E-state index contributed by atoms with van der Waals surface area (Å²) in [5.74, 6) is 1.73. The minimum absolute atomic E-state index is 0.0333. The van der Waals surface area contributed by atoms with Crippen LogP contribution in [0.5, 0.6) is 11.5 Å². The lowest BCUT2D eigenvalue weighted by atomic mass is 9.79. The normalized spacial score (nSPS) is 24.3. The first-order valence-corrected chi connectivity index (χ1v) is 10.5. The van der Waals surface area contributed by atoms with E-state index in [0.29, 0.717) is 23.0 Å². The number of hydrogen-bond acceptors (Lipinski definition) is 4. The summed E-state index contributed by atoms with van der Waals surface area (Å²) in [5.41, 5.74) is 1.94. The maximum Gasteiger partial charge on any atom is 0.258 e. The van der Waals surface area contributed by atoms with E-state index < -0.39 is 0 Å². The highest BCUT2D eigenvalue weighted by Crippen LogP contribution is 2.37. The van der Waals surface area contributed by atoms with Crippen molar-refractivity contribution in [3.8, 4) is 11.5 Å². The quantitative estimate of drug-likeness (QED) is 0.856. The van der Waals surface area contributed by atoms with Crippen molar-refractivity contribution in [2.45, 2.75) is 43.7 Å². The number of amides is 1. The van der Waals surface area contributed by atoms with Crippen molar-refractivity contribution in [1.82, 2.24) is 10.2 Å². The van der Waals surface area contributed by atoms with Gasteiger partial charge >= 0.3 is 0 Å². The Bertz CT molecular complexity index is 839. The predicted molar refractivity (Wildman–Crippen MR) is 114 cm³/mol. The zero-order valence-corrected chi connectivity index (χ0v) is 17.3. The summed E-state index contributed by atoms with van der Waals surface area (Å²) >= 11 is 0. The molecule has 29 heavy (non-hydrogen) atoms. The molecule has 2 aliphatic heterocycles.